The number of nitro groups is 1. The van der Waals surface area contributed by atoms with E-state index in [4.69, 9.17) is 5.11 Å². The van der Waals surface area contributed by atoms with E-state index in [1.807, 2.05) is 0 Å². The first-order valence-corrected chi connectivity index (χ1v) is 6.57. The number of hydrogen-bond donors (Lipinski definition) is 1. The first kappa shape index (κ1) is 13.3. The van der Waals surface area contributed by atoms with Gasteiger partial charge in [-0.15, -0.1) is 0 Å². The van der Waals surface area contributed by atoms with E-state index in [1.165, 1.54) is 12.3 Å². The highest BCUT2D eigenvalue weighted by Gasteiger charge is 2.24. The van der Waals surface area contributed by atoms with E-state index in [2.05, 4.69) is 0 Å². The number of non-ortho nitro benzene ring substituents is 1. The fourth-order valence-electron chi connectivity index (χ4n) is 2.87. The molecule has 0 radical (unpaired) electrons. The second-order valence-corrected chi connectivity index (χ2v) is 5.05. The van der Waals surface area contributed by atoms with Crippen LogP contribution in [0.3, 0.4) is 0 Å². The molecular formula is C14H12N2O5. The lowest BCUT2D eigenvalue weighted by Gasteiger charge is -2.12. The van der Waals surface area contributed by atoms with Gasteiger partial charge in [-0.1, -0.05) is 6.07 Å². The molecule has 1 aliphatic rings. The molecule has 7 heteroatoms. The maximum absolute atomic E-state index is 12.4. The number of aryl methyl sites for hydroxylation is 2. The van der Waals surface area contributed by atoms with Gasteiger partial charge < -0.3 is 9.67 Å². The SMILES string of the molecule is O=C(O)c1cn2c3c(ccc([N+](=O)[O-])c3c1=O)CCCC2. The molecule has 3 rings (SSSR count). The Morgan fingerprint density at radius 2 is 2.10 bits per heavy atom. The lowest BCUT2D eigenvalue weighted by molar-refractivity contribution is -0.383. The monoisotopic (exact) mass is 288 g/mol. The van der Waals surface area contributed by atoms with Gasteiger partial charge in [0.25, 0.3) is 5.69 Å². The van der Waals surface area contributed by atoms with E-state index in [0.717, 1.165) is 24.8 Å². The average Bonchev–Trinajstić information content (AvgIpc) is 2.64. The number of carboxylic acids is 1. The molecule has 0 saturated carbocycles. The number of nitro benzene ring substituents is 1. The number of pyridine rings is 1. The van der Waals surface area contributed by atoms with Crippen molar-refractivity contribution >= 4 is 22.6 Å². The van der Waals surface area contributed by atoms with Gasteiger partial charge in [0, 0.05) is 18.8 Å². The fourth-order valence-corrected chi connectivity index (χ4v) is 2.87. The molecule has 21 heavy (non-hydrogen) atoms. The summed E-state index contributed by atoms with van der Waals surface area (Å²) in [5.41, 5.74) is -0.204. The second kappa shape index (κ2) is 4.69. The first-order valence-electron chi connectivity index (χ1n) is 6.57. The minimum Gasteiger partial charge on any atom is -0.477 e. The maximum Gasteiger partial charge on any atom is 0.341 e. The van der Waals surface area contributed by atoms with Gasteiger partial charge in [0.05, 0.1) is 10.4 Å². The highest BCUT2D eigenvalue weighted by Crippen LogP contribution is 2.29. The van der Waals surface area contributed by atoms with Gasteiger partial charge in [-0.3, -0.25) is 14.9 Å². The zero-order chi connectivity index (χ0) is 15.1. The Bertz CT molecular complexity index is 837. The van der Waals surface area contributed by atoms with E-state index < -0.39 is 21.9 Å². The van der Waals surface area contributed by atoms with Gasteiger partial charge in [0.15, 0.2) is 0 Å². The van der Waals surface area contributed by atoms with Crippen molar-refractivity contribution in [2.45, 2.75) is 25.8 Å². The molecule has 1 aromatic heterocycles. The van der Waals surface area contributed by atoms with Crippen LogP contribution in [0.15, 0.2) is 23.1 Å². The van der Waals surface area contributed by atoms with Crippen molar-refractivity contribution in [3.8, 4) is 0 Å². The zero-order valence-electron chi connectivity index (χ0n) is 11.0. The van der Waals surface area contributed by atoms with Crippen LogP contribution in [-0.2, 0) is 13.0 Å². The molecule has 2 aromatic rings. The van der Waals surface area contributed by atoms with Gasteiger partial charge in [0.1, 0.15) is 10.9 Å². The van der Waals surface area contributed by atoms with Crippen LogP contribution >= 0.6 is 0 Å². The van der Waals surface area contributed by atoms with Crippen LogP contribution in [0.4, 0.5) is 5.69 Å². The van der Waals surface area contributed by atoms with Crippen LogP contribution in [0.2, 0.25) is 0 Å². The van der Waals surface area contributed by atoms with Crippen LogP contribution in [0.25, 0.3) is 10.9 Å². The zero-order valence-corrected chi connectivity index (χ0v) is 11.0. The second-order valence-electron chi connectivity index (χ2n) is 5.05. The lowest BCUT2D eigenvalue weighted by Crippen LogP contribution is -2.20. The van der Waals surface area contributed by atoms with E-state index in [1.54, 1.807) is 10.6 Å². The topological polar surface area (TPSA) is 102 Å². The number of aromatic carboxylic acids is 1. The fraction of sp³-hybridized carbons (Fsp3) is 0.286. The first-order chi connectivity index (χ1) is 10.0. The highest BCUT2D eigenvalue weighted by molar-refractivity contribution is 5.97. The van der Waals surface area contributed by atoms with Gasteiger partial charge in [-0.2, -0.15) is 0 Å². The standard InChI is InChI=1S/C14H12N2O5/c17-13-9(14(18)19)7-15-6-2-1-3-8-4-5-10(16(20)21)11(13)12(8)15/h4-5,7H,1-3,6H2,(H,18,19). The van der Waals surface area contributed by atoms with Crippen LogP contribution in [-0.4, -0.2) is 20.6 Å². The Kier molecular flexibility index (Phi) is 2.97. The van der Waals surface area contributed by atoms with Crippen LogP contribution in [0.1, 0.15) is 28.8 Å². The molecule has 108 valence electrons. The Balaban J connectivity index is 2.55. The summed E-state index contributed by atoms with van der Waals surface area (Å²) in [4.78, 5) is 34.1. The van der Waals surface area contributed by atoms with Crippen molar-refractivity contribution < 1.29 is 14.8 Å². The summed E-state index contributed by atoms with van der Waals surface area (Å²) in [6.45, 7) is 0.547. The number of nitrogens with zero attached hydrogens (tertiary/aromatic N) is 2. The Morgan fingerprint density at radius 1 is 1.33 bits per heavy atom. The van der Waals surface area contributed by atoms with Crippen molar-refractivity contribution in [1.29, 1.82) is 0 Å². The quantitative estimate of drug-likeness (QED) is 0.672. The lowest BCUT2D eigenvalue weighted by atomic mass is 10.0. The van der Waals surface area contributed by atoms with Crippen molar-refractivity contribution in [3.05, 3.63) is 49.8 Å². The summed E-state index contributed by atoms with van der Waals surface area (Å²) < 4.78 is 1.66. The summed E-state index contributed by atoms with van der Waals surface area (Å²) >= 11 is 0. The van der Waals surface area contributed by atoms with Crippen LogP contribution in [0.5, 0.6) is 0 Å². The van der Waals surface area contributed by atoms with Gasteiger partial charge in [-0.25, -0.2) is 4.79 Å². The summed E-state index contributed by atoms with van der Waals surface area (Å²) in [5.74, 6) is -1.37. The molecule has 1 N–H and O–H groups in total. The molecule has 2 heterocycles. The van der Waals surface area contributed by atoms with Crippen molar-refractivity contribution in [3.63, 3.8) is 0 Å². The number of benzene rings is 1. The van der Waals surface area contributed by atoms with Gasteiger partial charge in [0.2, 0.25) is 5.43 Å². The van der Waals surface area contributed by atoms with Gasteiger partial charge in [-0.05, 0) is 24.8 Å². The summed E-state index contributed by atoms with van der Waals surface area (Å²) in [5, 5.41) is 20.2. The van der Waals surface area contributed by atoms with E-state index in [-0.39, 0.29) is 11.1 Å². The molecular weight excluding hydrogens is 276 g/mol. The van der Waals surface area contributed by atoms with E-state index in [9.17, 15) is 19.7 Å². The van der Waals surface area contributed by atoms with Crippen molar-refractivity contribution in [1.82, 2.24) is 4.57 Å². The van der Waals surface area contributed by atoms with Gasteiger partial charge >= 0.3 is 5.97 Å². The average molecular weight is 288 g/mol. The number of rotatable bonds is 2. The van der Waals surface area contributed by atoms with Crippen LogP contribution < -0.4 is 5.43 Å². The predicted molar refractivity (Wildman–Crippen MR) is 74.8 cm³/mol. The highest BCUT2D eigenvalue weighted by atomic mass is 16.6. The molecule has 0 spiro atoms. The summed E-state index contributed by atoms with van der Waals surface area (Å²) in [7, 11) is 0. The third-order valence-corrected chi connectivity index (χ3v) is 3.81. The summed E-state index contributed by atoms with van der Waals surface area (Å²) in [6.07, 6.45) is 3.75. The minimum atomic E-state index is -1.37. The number of aromatic nitrogens is 1. The summed E-state index contributed by atoms with van der Waals surface area (Å²) in [6, 6.07) is 2.95. The molecule has 0 amide bonds. The normalized spacial score (nSPS) is 13.9. The third-order valence-electron chi connectivity index (χ3n) is 3.81. The predicted octanol–water partition coefficient (Wildman–Crippen LogP) is 1.94. The van der Waals surface area contributed by atoms with Crippen molar-refractivity contribution in [2.24, 2.45) is 0 Å². The maximum atomic E-state index is 12.4. The number of hydrogen-bond acceptors (Lipinski definition) is 4. The molecule has 7 nitrogen and oxygen atoms in total. The van der Waals surface area contributed by atoms with E-state index >= 15 is 0 Å². The minimum absolute atomic E-state index is 0.0979. The Labute approximate surface area is 118 Å². The molecule has 0 aliphatic carbocycles. The molecule has 0 atom stereocenters. The van der Waals surface area contributed by atoms with E-state index in [0.29, 0.717) is 12.1 Å². The smallest absolute Gasteiger partial charge is 0.341 e. The van der Waals surface area contributed by atoms with Crippen LogP contribution in [0, 0.1) is 10.1 Å². The molecule has 0 saturated heterocycles. The number of carbonyl (C=O) groups is 1. The Hall–Kier alpha value is -2.70. The van der Waals surface area contributed by atoms with Crippen molar-refractivity contribution in [2.75, 3.05) is 0 Å². The molecule has 0 fully saturated rings. The largest absolute Gasteiger partial charge is 0.477 e. The number of carboxylic acid groups (broad SMARTS) is 1. The Morgan fingerprint density at radius 3 is 2.76 bits per heavy atom. The molecule has 1 aromatic carbocycles. The molecule has 0 unspecified atom stereocenters. The molecule has 1 aliphatic heterocycles. The third kappa shape index (κ3) is 1.97. The molecule has 0 bridgehead atoms.